The van der Waals surface area contributed by atoms with Crippen LogP contribution in [0.2, 0.25) is 0 Å². The van der Waals surface area contributed by atoms with Gasteiger partial charge in [0.15, 0.2) is 0 Å². The van der Waals surface area contributed by atoms with E-state index >= 15 is 0 Å². The zero-order chi connectivity index (χ0) is 17.8. The molecule has 0 atom stereocenters. The monoisotopic (exact) mass is 350 g/mol. The second-order valence-electron chi connectivity index (χ2n) is 5.53. The van der Waals surface area contributed by atoms with Crippen molar-refractivity contribution in [1.82, 2.24) is 9.55 Å². The SMILES string of the molecule is Cc1nc(-c2ccccc2-c2ccc(=N/C=C/C(N)=O)n(C)c2)cs1. The number of primary amides is 1. The number of pyridine rings is 1. The molecule has 0 fully saturated rings. The van der Waals surface area contributed by atoms with Gasteiger partial charge in [-0.25, -0.2) is 9.98 Å². The summed E-state index contributed by atoms with van der Waals surface area (Å²) in [6, 6.07) is 12.1. The number of aryl methyl sites for hydroxylation is 2. The Morgan fingerprint density at radius 1 is 1.24 bits per heavy atom. The molecule has 2 N–H and O–H groups in total. The fraction of sp³-hybridized carbons (Fsp3) is 0.105. The highest BCUT2D eigenvalue weighted by Crippen LogP contribution is 2.31. The van der Waals surface area contributed by atoms with Crippen molar-refractivity contribution in [2.24, 2.45) is 17.8 Å². The van der Waals surface area contributed by atoms with Gasteiger partial charge in [0.05, 0.1) is 10.7 Å². The van der Waals surface area contributed by atoms with E-state index in [-0.39, 0.29) is 0 Å². The van der Waals surface area contributed by atoms with Gasteiger partial charge in [0, 0.05) is 36.5 Å². The van der Waals surface area contributed by atoms with Crippen LogP contribution in [-0.4, -0.2) is 15.5 Å². The average molecular weight is 350 g/mol. The van der Waals surface area contributed by atoms with Crippen molar-refractivity contribution in [1.29, 1.82) is 0 Å². The van der Waals surface area contributed by atoms with Crippen LogP contribution in [0.25, 0.3) is 22.4 Å². The molecule has 126 valence electrons. The molecule has 1 amide bonds. The number of hydrogen-bond donors (Lipinski definition) is 1. The normalized spacial score (nSPS) is 12.0. The van der Waals surface area contributed by atoms with Crippen molar-refractivity contribution in [3.05, 3.63) is 70.7 Å². The Morgan fingerprint density at radius 2 is 2.00 bits per heavy atom. The minimum atomic E-state index is -0.518. The van der Waals surface area contributed by atoms with E-state index in [9.17, 15) is 4.79 Å². The van der Waals surface area contributed by atoms with E-state index < -0.39 is 5.91 Å². The Labute approximate surface area is 149 Å². The van der Waals surface area contributed by atoms with E-state index in [2.05, 4.69) is 27.5 Å². The third-order valence-electron chi connectivity index (χ3n) is 3.68. The van der Waals surface area contributed by atoms with Crippen molar-refractivity contribution >= 4 is 17.2 Å². The maximum Gasteiger partial charge on any atom is 0.242 e. The molecule has 0 saturated carbocycles. The molecule has 25 heavy (non-hydrogen) atoms. The summed E-state index contributed by atoms with van der Waals surface area (Å²) < 4.78 is 1.91. The number of hydrogen-bond acceptors (Lipinski definition) is 4. The van der Waals surface area contributed by atoms with Gasteiger partial charge in [0.25, 0.3) is 0 Å². The first-order chi connectivity index (χ1) is 12.0. The van der Waals surface area contributed by atoms with Gasteiger partial charge in [0.1, 0.15) is 5.49 Å². The van der Waals surface area contributed by atoms with Gasteiger partial charge in [-0.15, -0.1) is 11.3 Å². The predicted molar refractivity (Wildman–Crippen MR) is 101 cm³/mol. The number of aromatic nitrogens is 2. The number of nitrogens with two attached hydrogens (primary N) is 1. The average Bonchev–Trinajstić information content (AvgIpc) is 3.02. The van der Waals surface area contributed by atoms with E-state index in [0.29, 0.717) is 0 Å². The number of nitrogens with zero attached hydrogens (tertiary/aromatic N) is 3. The van der Waals surface area contributed by atoms with Crippen molar-refractivity contribution in [3.63, 3.8) is 0 Å². The maximum absolute atomic E-state index is 10.8. The highest BCUT2D eigenvalue weighted by molar-refractivity contribution is 7.09. The summed E-state index contributed by atoms with van der Waals surface area (Å²) in [6.07, 6.45) is 4.64. The standard InChI is InChI=1S/C19H18N4OS/c1-13-22-17(12-25-13)16-6-4-3-5-15(16)14-7-8-19(23(2)11-14)21-10-9-18(20)24/h3-12H,1-2H3,(H2,20,24)/b10-9+,21-19?. The van der Waals surface area contributed by atoms with Crippen molar-refractivity contribution in [2.75, 3.05) is 0 Å². The Bertz CT molecular complexity index is 1010. The number of amides is 1. The van der Waals surface area contributed by atoms with E-state index in [0.717, 1.165) is 32.9 Å². The van der Waals surface area contributed by atoms with Crippen LogP contribution < -0.4 is 11.2 Å². The number of carbonyl (C=O) groups excluding carboxylic acids is 1. The van der Waals surface area contributed by atoms with Gasteiger partial charge in [-0.1, -0.05) is 24.3 Å². The fourth-order valence-corrected chi connectivity index (χ4v) is 3.14. The zero-order valence-electron chi connectivity index (χ0n) is 14.0. The Balaban J connectivity index is 2.04. The minimum absolute atomic E-state index is 0.518. The van der Waals surface area contributed by atoms with Crippen LogP contribution in [0, 0.1) is 6.92 Å². The Morgan fingerprint density at radius 3 is 2.64 bits per heavy atom. The van der Waals surface area contributed by atoms with Gasteiger partial charge in [0.2, 0.25) is 5.91 Å². The summed E-state index contributed by atoms with van der Waals surface area (Å²) >= 11 is 1.64. The van der Waals surface area contributed by atoms with Crippen LogP contribution in [-0.2, 0) is 11.8 Å². The summed E-state index contributed by atoms with van der Waals surface area (Å²) in [5, 5.41) is 3.12. The Hall–Kier alpha value is -2.99. The molecule has 1 aromatic carbocycles. The summed E-state index contributed by atoms with van der Waals surface area (Å²) in [5.74, 6) is -0.518. The maximum atomic E-state index is 10.8. The summed E-state index contributed by atoms with van der Waals surface area (Å²) in [6.45, 7) is 2.01. The molecule has 0 saturated heterocycles. The van der Waals surface area contributed by atoms with Crippen LogP contribution >= 0.6 is 11.3 Å². The first-order valence-electron chi connectivity index (χ1n) is 7.73. The minimum Gasteiger partial charge on any atom is -0.366 e. The van der Waals surface area contributed by atoms with Gasteiger partial charge in [-0.3, -0.25) is 4.79 Å². The van der Waals surface area contributed by atoms with Crippen molar-refractivity contribution < 1.29 is 4.79 Å². The molecule has 0 unspecified atom stereocenters. The molecule has 0 bridgehead atoms. The first-order valence-corrected chi connectivity index (χ1v) is 8.61. The zero-order valence-corrected chi connectivity index (χ0v) is 14.8. The van der Waals surface area contributed by atoms with Crippen LogP contribution in [0.15, 0.2) is 65.2 Å². The smallest absolute Gasteiger partial charge is 0.242 e. The molecule has 5 nitrogen and oxygen atoms in total. The summed E-state index contributed by atoms with van der Waals surface area (Å²) in [7, 11) is 1.91. The van der Waals surface area contributed by atoms with Crippen LogP contribution in [0.3, 0.4) is 0 Å². The lowest BCUT2D eigenvalue weighted by Crippen LogP contribution is -2.16. The molecule has 0 aliphatic heterocycles. The number of rotatable bonds is 4. The fourth-order valence-electron chi connectivity index (χ4n) is 2.53. The highest BCUT2D eigenvalue weighted by Gasteiger charge is 2.09. The largest absolute Gasteiger partial charge is 0.366 e. The summed E-state index contributed by atoms with van der Waals surface area (Å²) in [4.78, 5) is 19.6. The van der Waals surface area contributed by atoms with Gasteiger partial charge in [-0.05, 0) is 30.2 Å². The van der Waals surface area contributed by atoms with Gasteiger partial charge < -0.3 is 10.3 Å². The van der Waals surface area contributed by atoms with Crippen LogP contribution in [0.5, 0.6) is 0 Å². The molecular weight excluding hydrogens is 332 g/mol. The number of thiazole rings is 1. The first kappa shape index (κ1) is 16.9. The molecular formula is C19H18N4OS. The van der Waals surface area contributed by atoms with Gasteiger partial charge >= 0.3 is 0 Å². The lowest BCUT2D eigenvalue weighted by molar-refractivity contribution is -0.113. The molecule has 0 aliphatic carbocycles. The topological polar surface area (TPSA) is 73.3 Å². The molecule has 0 radical (unpaired) electrons. The van der Waals surface area contributed by atoms with Crippen LogP contribution in [0.4, 0.5) is 0 Å². The van der Waals surface area contributed by atoms with Crippen molar-refractivity contribution in [3.8, 4) is 22.4 Å². The summed E-state index contributed by atoms with van der Waals surface area (Å²) in [5.41, 5.74) is 10.1. The number of benzene rings is 1. The molecule has 2 aromatic heterocycles. The molecule has 3 aromatic rings. The number of carbonyl (C=O) groups is 1. The molecule has 0 spiro atoms. The quantitative estimate of drug-likeness (QED) is 0.735. The third-order valence-corrected chi connectivity index (χ3v) is 4.46. The van der Waals surface area contributed by atoms with Gasteiger partial charge in [-0.2, -0.15) is 0 Å². The van der Waals surface area contributed by atoms with Crippen LogP contribution in [0.1, 0.15) is 5.01 Å². The molecule has 0 aliphatic rings. The lowest BCUT2D eigenvalue weighted by Gasteiger charge is -2.10. The molecule has 6 heteroatoms. The Kier molecular flexibility index (Phi) is 4.90. The van der Waals surface area contributed by atoms with E-state index in [4.69, 9.17) is 5.73 Å². The third kappa shape index (κ3) is 3.92. The molecule has 3 rings (SSSR count). The second kappa shape index (κ2) is 7.27. The second-order valence-corrected chi connectivity index (χ2v) is 6.59. The predicted octanol–water partition coefficient (Wildman–Crippen LogP) is 3.02. The van der Waals surface area contributed by atoms with E-state index in [1.165, 1.54) is 12.3 Å². The lowest BCUT2D eigenvalue weighted by atomic mass is 9.99. The van der Waals surface area contributed by atoms with Crippen molar-refractivity contribution in [2.45, 2.75) is 6.92 Å². The molecule has 2 heterocycles. The van der Waals surface area contributed by atoms with E-state index in [1.54, 1.807) is 11.3 Å². The van der Waals surface area contributed by atoms with E-state index in [1.807, 2.05) is 49.0 Å². The highest BCUT2D eigenvalue weighted by atomic mass is 32.1.